The van der Waals surface area contributed by atoms with Crippen LogP contribution >= 0.6 is 0 Å². The van der Waals surface area contributed by atoms with E-state index in [4.69, 9.17) is 5.14 Å². The predicted octanol–water partition coefficient (Wildman–Crippen LogP) is 1.83. The summed E-state index contributed by atoms with van der Waals surface area (Å²) in [5.41, 5.74) is 5.49. The maximum atomic E-state index is 11.6. The van der Waals surface area contributed by atoms with Crippen LogP contribution < -0.4 is 10.5 Å². The number of rotatable bonds is 2. The summed E-state index contributed by atoms with van der Waals surface area (Å²) in [6, 6.07) is 6.67. The molecule has 0 radical (unpaired) electrons. The summed E-state index contributed by atoms with van der Waals surface area (Å²) in [4.78, 5) is 3.43. The van der Waals surface area contributed by atoms with E-state index in [9.17, 15) is 13.5 Å². The molecule has 0 fully saturated rings. The summed E-state index contributed by atoms with van der Waals surface area (Å²) >= 11 is 0. The fourth-order valence-corrected chi connectivity index (χ4v) is 4.01. The minimum atomic E-state index is -3.78. The number of nitrogens with two attached hydrogens (primary N) is 1. The molecule has 0 bridgehead atoms. The van der Waals surface area contributed by atoms with Gasteiger partial charge in [-0.25, -0.2) is 13.6 Å². The summed E-state index contributed by atoms with van der Waals surface area (Å²) in [7, 11) is -3.78. The predicted molar refractivity (Wildman–Crippen MR) is 92.8 cm³/mol. The van der Waals surface area contributed by atoms with Crippen molar-refractivity contribution < 1.29 is 13.5 Å². The molecule has 0 amide bonds. The van der Waals surface area contributed by atoms with Crippen molar-refractivity contribution in [1.82, 2.24) is 4.98 Å². The van der Waals surface area contributed by atoms with Crippen LogP contribution in [0.2, 0.25) is 0 Å². The van der Waals surface area contributed by atoms with Gasteiger partial charge in [-0.05, 0) is 61.6 Å². The van der Waals surface area contributed by atoms with E-state index in [2.05, 4.69) is 16.4 Å². The number of aromatic nitrogens is 1. The number of sulfonamides is 1. The second kappa shape index (κ2) is 5.47. The molecule has 1 atom stereocenters. The number of hydrogen-bond acceptors (Lipinski definition) is 4. The van der Waals surface area contributed by atoms with Gasteiger partial charge in [0, 0.05) is 28.2 Å². The highest BCUT2D eigenvalue weighted by Gasteiger charge is 2.26. The average Bonchev–Trinajstić information content (AvgIpc) is 3.07. The molecular weight excluding hydrogens is 326 g/mol. The van der Waals surface area contributed by atoms with Crippen LogP contribution in [0.5, 0.6) is 0 Å². The van der Waals surface area contributed by atoms with Gasteiger partial charge < -0.3 is 15.4 Å². The van der Waals surface area contributed by atoms with Crippen molar-refractivity contribution in [2.45, 2.75) is 36.8 Å². The number of aliphatic hydroxyl groups excluding tert-OH is 1. The highest BCUT2D eigenvalue weighted by Crippen LogP contribution is 2.37. The number of aryl methyl sites for hydroxylation is 2. The minimum Gasteiger partial charge on any atom is -0.369 e. The van der Waals surface area contributed by atoms with Crippen molar-refractivity contribution in [2.75, 3.05) is 5.32 Å². The summed E-state index contributed by atoms with van der Waals surface area (Å²) in [6.07, 6.45) is 5.50. The zero-order chi connectivity index (χ0) is 16.9. The first-order valence-corrected chi connectivity index (χ1v) is 9.50. The monoisotopic (exact) mass is 345 g/mol. The number of primary sulfonamides is 1. The molecule has 1 aromatic heterocycles. The second-order valence-corrected chi connectivity index (χ2v) is 7.90. The molecule has 0 spiro atoms. The quantitative estimate of drug-likeness (QED) is 0.666. The average molecular weight is 345 g/mol. The van der Waals surface area contributed by atoms with Crippen molar-refractivity contribution in [1.29, 1.82) is 0 Å². The van der Waals surface area contributed by atoms with E-state index in [1.807, 2.05) is 6.08 Å². The van der Waals surface area contributed by atoms with Crippen molar-refractivity contribution in [3.63, 3.8) is 0 Å². The molecule has 0 saturated carbocycles. The normalized spacial score (nSPS) is 21.4. The maximum absolute atomic E-state index is 11.6. The number of anilines is 1. The molecule has 24 heavy (non-hydrogen) atoms. The van der Waals surface area contributed by atoms with Gasteiger partial charge in [0.05, 0.1) is 4.90 Å². The molecule has 2 heterocycles. The van der Waals surface area contributed by atoms with E-state index in [-0.39, 0.29) is 4.90 Å². The molecule has 126 valence electrons. The Morgan fingerprint density at radius 3 is 2.75 bits per heavy atom. The fraction of sp³-hybridized carbons (Fsp3) is 0.294. The lowest BCUT2D eigenvalue weighted by molar-refractivity contribution is 0.266. The number of hydrogen-bond donors (Lipinski definition) is 4. The van der Waals surface area contributed by atoms with Crippen LogP contribution in [0.3, 0.4) is 0 Å². The van der Waals surface area contributed by atoms with Crippen LogP contribution in [0.15, 0.2) is 29.2 Å². The number of aromatic amines is 1. The van der Waals surface area contributed by atoms with Gasteiger partial charge in [0.2, 0.25) is 10.0 Å². The lowest BCUT2D eigenvalue weighted by Crippen LogP contribution is -2.12. The van der Waals surface area contributed by atoms with Gasteiger partial charge in [0.1, 0.15) is 0 Å². The smallest absolute Gasteiger partial charge is 0.238 e. The second-order valence-electron chi connectivity index (χ2n) is 6.33. The lowest BCUT2D eigenvalue weighted by Gasteiger charge is -2.09. The standard InChI is InChI=1S/C17H19N3O3S/c18-24(22,23)12-5-6-16-13(9-12)14(17(21)20-16)8-11-7-10-3-1-2-4-15(10)19-11/h5-9,17,19-21H,1-4H2,(H2,18,22,23). The first kappa shape index (κ1) is 15.4. The SMILES string of the molecule is NS(=O)(=O)c1ccc2c(c1)C(=Cc1cc3c([nH]1)CCCC3)C(O)N2. The van der Waals surface area contributed by atoms with Crippen molar-refractivity contribution in [3.05, 3.63) is 46.8 Å². The van der Waals surface area contributed by atoms with E-state index >= 15 is 0 Å². The third-order valence-corrected chi connectivity index (χ3v) is 5.57. The molecule has 2 aromatic rings. The van der Waals surface area contributed by atoms with Crippen LogP contribution in [0.25, 0.3) is 11.6 Å². The third kappa shape index (κ3) is 2.64. The van der Waals surface area contributed by atoms with Gasteiger partial charge in [-0.1, -0.05) is 0 Å². The van der Waals surface area contributed by atoms with Crippen LogP contribution in [0.4, 0.5) is 5.69 Å². The Balaban J connectivity index is 1.78. The number of fused-ring (bicyclic) bond motifs is 2. The summed E-state index contributed by atoms with van der Waals surface area (Å²) < 4.78 is 23.2. The van der Waals surface area contributed by atoms with E-state index in [1.54, 1.807) is 6.07 Å². The van der Waals surface area contributed by atoms with E-state index in [1.165, 1.54) is 36.2 Å². The topological polar surface area (TPSA) is 108 Å². The molecular formula is C17H19N3O3S. The Morgan fingerprint density at radius 1 is 1.21 bits per heavy atom. The van der Waals surface area contributed by atoms with Gasteiger partial charge >= 0.3 is 0 Å². The van der Waals surface area contributed by atoms with Gasteiger partial charge in [0.15, 0.2) is 6.23 Å². The Kier molecular flexibility index (Phi) is 3.52. The Labute approximate surface area is 140 Å². The molecule has 1 aliphatic carbocycles. The molecule has 6 nitrogen and oxygen atoms in total. The summed E-state index contributed by atoms with van der Waals surface area (Å²) in [5.74, 6) is 0. The highest BCUT2D eigenvalue weighted by molar-refractivity contribution is 7.89. The van der Waals surface area contributed by atoms with Crippen molar-refractivity contribution in [3.8, 4) is 0 Å². The van der Waals surface area contributed by atoms with Crippen molar-refractivity contribution >= 4 is 27.4 Å². The van der Waals surface area contributed by atoms with Gasteiger partial charge in [0.25, 0.3) is 0 Å². The zero-order valence-corrected chi connectivity index (χ0v) is 13.9. The Morgan fingerprint density at radius 2 is 2.00 bits per heavy atom. The number of nitrogens with one attached hydrogen (secondary N) is 2. The molecule has 4 rings (SSSR count). The molecule has 7 heteroatoms. The Hall–Kier alpha value is -2.09. The molecule has 5 N–H and O–H groups in total. The van der Waals surface area contributed by atoms with Gasteiger partial charge in [-0.15, -0.1) is 0 Å². The Bertz CT molecular complexity index is 920. The number of H-pyrrole nitrogens is 1. The lowest BCUT2D eigenvalue weighted by atomic mass is 9.98. The van der Waals surface area contributed by atoms with Crippen molar-refractivity contribution in [2.24, 2.45) is 5.14 Å². The molecule has 2 aliphatic rings. The summed E-state index contributed by atoms with van der Waals surface area (Å²) in [5, 5.41) is 18.5. The van der Waals surface area contributed by atoms with E-state index in [0.717, 1.165) is 18.5 Å². The van der Waals surface area contributed by atoms with E-state index in [0.29, 0.717) is 16.8 Å². The van der Waals surface area contributed by atoms with Crippen LogP contribution in [-0.4, -0.2) is 24.7 Å². The molecule has 1 aliphatic heterocycles. The first-order valence-electron chi connectivity index (χ1n) is 7.96. The molecule has 0 saturated heterocycles. The minimum absolute atomic E-state index is 0.0360. The first-order chi connectivity index (χ1) is 11.4. The van der Waals surface area contributed by atoms with E-state index < -0.39 is 16.3 Å². The maximum Gasteiger partial charge on any atom is 0.238 e. The van der Waals surface area contributed by atoms with Gasteiger partial charge in [-0.3, -0.25) is 0 Å². The number of aliphatic hydroxyl groups is 1. The van der Waals surface area contributed by atoms with Crippen LogP contribution in [0, 0.1) is 0 Å². The third-order valence-electron chi connectivity index (χ3n) is 4.66. The summed E-state index contributed by atoms with van der Waals surface area (Å²) in [6.45, 7) is 0. The molecule has 1 aromatic carbocycles. The fourth-order valence-electron chi connectivity index (χ4n) is 3.47. The largest absolute Gasteiger partial charge is 0.369 e. The molecule has 1 unspecified atom stereocenters. The zero-order valence-electron chi connectivity index (χ0n) is 13.0. The van der Waals surface area contributed by atoms with Crippen LogP contribution in [-0.2, 0) is 22.9 Å². The van der Waals surface area contributed by atoms with Crippen LogP contribution in [0.1, 0.15) is 35.4 Å². The number of benzene rings is 1. The highest BCUT2D eigenvalue weighted by atomic mass is 32.2. The van der Waals surface area contributed by atoms with Gasteiger partial charge in [-0.2, -0.15) is 0 Å².